The van der Waals surface area contributed by atoms with E-state index in [1.54, 1.807) is 0 Å². The highest BCUT2D eigenvalue weighted by atomic mass is 16.5. The van der Waals surface area contributed by atoms with Crippen LogP contribution >= 0.6 is 0 Å². The molecule has 1 fully saturated rings. The van der Waals surface area contributed by atoms with Gasteiger partial charge in [0.05, 0.1) is 5.60 Å². The molecule has 2 heterocycles. The summed E-state index contributed by atoms with van der Waals surface area (Å²) in [7, 11) is 0. The Bertz CT molecular complexity index is 526. The molecule has 0 aliphatic carbocycles. The van der Waals surface area contributed by atoms with Crippen molar-refractivity contribution in [2.45, 2.75) is 78.5 Å². The normalized spacial score (nSPS) is 24.4. The summed E-state index contributed by atoms with van der Waals surface area (Å²) in [6.45, 7) is 13.8. The minimum atomic E-state index is 0.0723. The molecular weight excluding hydrogens is 306 g/mol. The molecule has 1 aromatic carbocycles. The van der Waals surface area contributed by atoms with Crippen LogP contribution in [0.25, 0.3) is 0 Å². The van der Waals surface area contributed by atoms with Crippen LogP contribution in [0.2, 0.25) is 0 Å². The Morgan fingerprint density at radius 3 is 2.36 bits per heavy atom. The molecule has 0 unspecified atom stereocenters. The summed E-state index contributed by atoms with van der Waals surface area (Å²) >= 11 is 0. The van der Waals surface area contributed by atoms with E-state index in [4.69, 9.17) is 4.74 Å². The quantitative estimate of drug-likeness (QED) is 0.634. The Morgan fingerprint density at radius 1 is 1.08 bits per heavy atom. The zero-order chi connectivity index (χ0) is 17.9. The van der Waals surface area contributed by atoms with E-state index in [2.05, 4.69) is 56.9 Å². The predicted octanol–water partition coefficient (Wildman–Crippen LogP) is 5.65. The van der Waals surface area contributed by atoms with Gasteiger partial charge in [0.1, 0.15) is 0 Å². The molecule has 25 heavy (non-hydrogen) atoms. The van der Waals surface area contributed by atoms with Gasteiger partial charge in [-0.25, -0.2) is 0 Å². The molecule has 1 saturated heterocycles. The van der Waals surface area contributed by atoms with Gasteiger partial charge < -0.3 is 4.74 Å². The summed E-state index contributed by atoms with van der Waals surface area (Å²) in [5.74, 6) is 2.51. The number of rotatable bonds is 7. The molecule has 0 saturated carbocycles. The molecule has 2 heteroatoms. The second kappa shape index (κ2) is 8.22. The Hall–Kier alpha value is -0.860. The lowest BCUT2D eigenvalue weighted by Gasteiger charge is -2.40. The van der Waals surface area contributed by atoms with E-state index in [0.717, 1.165) is 37.5 Å². The van der Waals surface area contributed by atoms with Crippen molar-refractivity contribution in [2.24, 2.45) is 17.8 Å². The molecule has 0 spiro atoms. The Labute approximate surface area is 154 Å². The molecule has 3 rings (SSSR count). The zero-order valence-electron chi connectivity index (χ0n) is 16.8. The van der Waals surface area contributed by atoms with Gasteiger partial charge in [-0.3, -0.25) is 4.90 Å². The maximum atomic E-state index is 5.98. The molecule has 2 nitrogen and oxygen atoms in total. The highest BCUT2D eigenvalue weighted by Crippen LogP contribution is 2.37. The van der Waals surface area contributed by atoms with Crippen molar-refractivity contribution in [3.8, 4) is 0 Å². The van der Waals surface area contributed by atoms with Crippen LogP contribution in [0.15, 0.2) is 24.3 Å². The Morgan fingerprint density at radius 2 is 1.76 bits per heavy atom. The van der Waals surface area contributed by atoms with Crippen molar-refractivity contribution in [3.63, 3.8) is 0 Å². The Kier molecular flexibility index (Phi) is 6.22. The van der Waals surface area contributed by atoms with Crippen molar-refractivity contribution >= 4 is 0 Å². The lowest BCUT2D eigenvalue weighted by Crippen LogP contribution is -2.37. The number of hydrogen-bond donors (Lipinski definition) is 0. The summed E-state index contributed by atoms with van der Waals surface area (Å²) in [6.07, 6.45) is 6.59. The molecule has 0 bridgehead atoms. The molecule has 0 aromatic heterocycles. The van der Waals surface area contributed by atoms with Gasteiger partial charge in [-0.05, 0) is 75.0 Å². The molecule has 1 aromatic rings. The topological polar surface area (TPSA) is 12.5 Å². The van der Waals surface area contributed by atoms with E-state index < -0.39 is 0 Å². The molecule has 0 N–H and O–H groups in total. The first-order valence-corrected chi connectivity index (χ1v) is 10.4. The second-order valence-electron chi connectivity index (χ2n) is 9.36. The molecule has 2 atom stereocenters. The monoisotopic (exact) mass is 343 g/mol. The van der Waals surface area contributed by atoms with Crippen LogP contribution in [-0.2, 0) is 17.8 Å². The fraction of sp³-hybridized carbons (Fsp3) is 0.739. The number of ether oxygens (including phenoxy) is 1. The summed E-state index contributed by atoms with van der Waals surface area (Å²) in [6, 6.07) is 8.95. The van der Waals surface area contributed by atoms with Gasteiger partial charge in [0.25, 0.3) is 0 Å². The zero-order valence-corrected chi connectivity index (χ0v) is 16.8. The van der Waals surface area contributed by atoms with E-state index >= 15 is 0 Å². The first kappa shape index (κ1) is 18.9. The van der Waals surface area contributed by atoms with E-state index in [-0.39, 0.29) is 5.60 Å². The average Bonchev–Trinajstić information content (AvgIpc) is 2.96. The van der Waals surface area contributed by atoms with Crippen molar-refractivity contribution in [1.29, 1.82) is 0 Å². The van der Waals surface area contributed by atoms with Crippen molar-refractivity contribution in [3.05, 3.63) is 35.4 Å². The highest BCUT2D eigenvalue weighted by molar-refractivity contribution is 5.30. The highest BCUT2D eigenvalue weighted by Gasteiger charge is 2.33. The van der Waals surface area contributed by atoms with E-state index in [9.17, 15) is 0 Å². The van der Waals surface area contributed by atoms with Crippen LogP contribution in [0.1, 0.15) is 70.9 Å². The third kappa shape index (κ3) is 5.31. The maximum Gasteiger partial charge on any atom is 0.0629 e. The van der Waals surface area contributed by atoms with Crippen LogP contribution in [-0.4, -0.2) is 23.7 Å². The number of fused-ring (bicyclic) bond motifs is 1. The van der Waals surface area contributed by atoms with Crippen LogP contribution in [0.4, 0.5) is 0 Å². The van der Waals surface area contributed by atoms with Crippen molar-refractivity contribution in [1.82, 2.24) is 4.90 Å². The number of benzene rings is 1. The molecule has 140 valence electrons. The van der Waals surface area contributed by atoms with Crippen LogP contribution in [0, 0.1) is 17.8 Å². The third-order valence-electron chi connectivity index (χ3n) is 6.24. The lowest BCUT2D eigenvalue weighted by atomic mass is 9.75. The first-order chi connectivity index (χ1) is 11.9. The fourth-order valence-corrected chi connectivity index (χ4v) is 4.75. The summed E-state index contributed by atoms with van der Waals surface area (Å²) in [5.41, 5.74) is 3.14. The molecule has 0 amide bonds. The molecule has 2 aliphatic heterocycles. The Balaban J connectivity index is 1.56. The van der Waals surface area contributed by atoms with E-state index in [0.29, 0.717) is 0 Å². The van der Waals surface area contributed by atoms with Gasteiger partial charge in [-0.2, -0.15) is 0 Å². The SMILES string of the molecule is CC(C)CC[C@@H](CCN1Cc2ccccc2C1)[C@@H]1CCOC(C)(C)C1. The largest absolute Gasteiger partial charge is 0.376 e. The van der Waals surface area contributed by atoms with Crippen LogP contribution < -0.4 is 0 Å². The molecule has 2 aliphatic rings. The minimum Gasteiger partial charge on any atom is -0.376 e. The first-order valence-electron chi connectivity index (χ1n) is 10.4. The summed E-state index contributed by atoms with van der Waals surface area (Å²) < 4.78 is 5.98. The smallest absolute Gasteiger partial charge is 0.0629 e. The number of nitrogens with zero attached hydrogens (tertiary/aromatic N) is 1. The fourth-order valence-electron chi connectivity index (χ4n) is 4.75. The predicted molar refractivity (Wildman–Crippen MR) is 105 cm³/mol. The molecular formula is C23H37NO. The maximum absolute atomic E-state index is 5.98. The van der Waals surface area contributed by atoms with Gasteiger partial charge in [-0.1, -0.05) is 44.5 Å². The van der Waals surface area contributed by atoms with Crippen molar-refractivity contribution < 1.29 is 4.74 Å². The second-order valence-corrected chi connectivity index (χ2v) is 9.36. The van der Waals surface area contributed by atoms with Gasteiger partial charge in [-0.15, -0.1) is 0 Å². The van der Waals surface area contributed by atoms with Crippen LogP contribution in [0.3, 0.4) is 0 Å². The van der Waals surface area contributed by atoms with Gasteiger partial charge in [0.2, 0.25) is 0 Å². The van der Waals surface area contributed by atoms with E-state index in [1.165, 1.54) is 49.8 Å². The van der Waals surface area contributed by atoms with Crippen LogP contribution in [0.5, 0.6) is 0 Å². The summed E-state index contributed by atoms with van der Waals surface area (Å²) in [4.78, 5) is 2.65. The van der Waals surface area contributed by atoms with Gasteiger partial charge in [0.15, 0.2) is 0 Å². The number of hydrogen-bond acceptors (Lipinski definition) is 2. The lowest BCUT2D eigenvalue weighted by molar-refractivity contribution is -0.0845. The standard InChI is InChI=1S/C23H37NO/c1-18(2)9-10-19(20-12-14-25-23(3,4)15-20)11-13-24-16-21-7-5-6-8-22(21)17-24/h5-8,18-20H,9-17H2,1-4H3/t19-,20+/m0/s1. The van der Waals surface area contributed by atoms with Gasteiger partial charge >= 0.3 is 0 Å². The summed E-state index contributed by atoms with van der Waals surface area (Å²) in [5, 5.41) is 0. The van der Waals surface area contributed by atoms with Crippen molar-refractivity contribution in [2.75, 3.05) is 13.2 Å². The van der Waals surface area contributed by atoms with E-state index in [1.807, 2.05) is 0 Å². The minimum absolute atomic E-state index is 0.0723. The van der Waals surface area contributed by atoms with Gasteiger partial charge in [0, 0.05) is 19.7 Å². The molecule has 0 radical (unpaired) electrons. The third-order valence-corrected chi connectivity index (χ3v) is 6.24. The average molecular weight is 344 g/mol.